The first-order valence-corrected chi connectivity index (χ1v) is 9.90. The van der Waals surface area contributed by atoms with Crippen LogP contribution in [0.25, 0.3) is 0 Å². The number of nitrogens with one attached hydrogen (secondary N) is 1. The van der Waals surface area contributed by atoms with Gasteiger partial charge >= 0.3 is 6.09 Å². The zero-order chi connectivity index (χ0) is 17.9. The van der Waals surface area contributed by atoms with Gasteiger partial charge in [0.2, 0.25) is 0 Å². The van der Waals surface area contributed by atoms with Gasteiger partial charge in [0.15, 0.2) is 0 Å². The number of rotatable bonds is 2. The van der Waals surface area contributed by atoms with E-state index in [-0.39, 0.29) is 11.7 Å². The van der Waals surface area contributed by atoms with Gasteiger partial charge in [-0.1, -0.05) is 0 Å². The molecule has 3 rings (SSSR count). The first kappa shape index (κ1) is 18.9. The molecule has 0 aliphatic carbocycles. The summed E-state index contributed by atoms with van der Waals surface area (Å²) in [7, 11) is 0. The second-order valence-electron chi connectivity index (χ2n) is 8.92. The number of nitrogens with zero attached hydrogens (tertiary/aromatic N) is 2. The molecule has 3 saturated heterocycles. The van der Waals surface area contributed by atoms with E-state index in [1.807, 2.05) is 25.7 Å². The molecule has 1 N–H and O–H groups in total. The van der Waals surface area contributed by atoms with Gasteiger partial charge in [0.05, 0.1) is 12.2 Å². The molecule has 0 radical (unpaired) electrons. The zero-order valence-electron chi connectivity index (χ0n) is 16.2. The van der Waals surface area contributed by atoms with Gasteiger partial charge in [0.25, 0.3) is 0 Å². The van der Waals surface area contributed by atoms with Crippen molar-refractivity contribution in [1.82, 2.24) is 15.1 Å². The molecule has 6 heteroatoms. The number of ether oxygens (including phenoxy) is 2. The first-order valence-electron chi connectivity index (χ1n) is 9.90. The smallest absolute Gasteiger partial charge is 0.410 e. The second kappa shape index (κ2) is 7.80. The minimum absolute atomic E-state index is 0.164. The highest BCUT2D eigenvalue weighted by Gasteiger charge is 2.38. The molecule has 0 aromatic heterocycles. The average molecular weight is 354 g/mol. The highest BCUT2D eigenvalue weighted by molar-refractivity contribution is 5.68. The van der Waals surface area contributed by atoms with E-state index in [1.165, 1.54) is 12.8 Å². The van der Waals surface area contributed by atoms with Crippen molar-refractivity contribution < 1.29 is 14.3 Å². The van der Waals surface area contributed by atoms with Crippen molar-refractivity contribution in [1.29, 1.82) is 0 Å². The van der Waals surface area contributed by atoms with Crippen LogP contribution in [0.2, 0.25) is 0 Å². The van der Waals surface area contributed by atoms with Gasteiger partial charge in [0, 0.05) is 32.7 Å². The number of piperidine rings is 1. The van der Waals surface area contributed by atoms with Crippen LogP contribution < -0.4 is 5.32 Å². The molecule has 25 heavy (non-hydrogen) atoms. The Morgan fingerprint density at radius 3 is 2.40 bits per heavy atom. The quantitative estimate of drug-likeness (QED) is 0.824. The summed E-state index contributed by atoms with van der Waals surface area (Å²) in [6, 6.07) is 0. The number of piperazine rings is 1. The molecular weight excluding hydrogens is 318 g/mol. The fourth-order valence-electron chi connectivity index (χ4n) is 4.14. The standard InChI is InChI=1S/C19H35N3O3/c1-18(2,3)25-17(23)22-12-10-21(11-13-22)14-16-4-5-19(24-15-16)6-8-20-9-7-19/h16,20H,4-15H2,1-3H3. The molecular formula is C19H35N3O3. The lowest BCUT2D eigenvalue weighted by Crippen LogP contribution is -2.52. The van der Waals surface area contributed by atoms with Gasteiger partial charge in [-0.05, 0) is 65.5 Å². The van der Waals surface area contributed by atoms with Crippen molar-refractivity contribution >= 4 is 6.09 Å². The Kier molecular flexibility index (Phi) is 5.91. The van der Waals surface area contributed by atoms with Crippen LogP contribution in [0.3, 0.4) is 0 Å². The van der Waals surface area contributed by atoms with Crippen LogP contribution in [-0.2, 0) is 9.47 Å². The summed E-state index contributed by atoms with van der Waals surface area (Å²) in [6.45, 7) is 13.3. The molecule has 0 aromatic rings. The lowest BCUT2D eigenvalue weighted by molar-refractivity contribution is -0.120. The normalized spacial score (nSPS) is 28.1. The number of amides is 1. The van der Waals surface area contributed by atoms with Crippen molar-refractivity contribution in [3.05, 3.63) is 0 Å². The maximum Gasteiger partial charge on any atom is 0.410 e. The van der Waals surface area contributed by atoms with Crippen LogP contribution in [0.15, 0.2) is 0 Å². The summed E-state index contributed by atoms with van der Waals surface area (Å²) in [6.07, 6.45) is 4.62. The van der Waals surface area contributed by atoms with E-state index < -0.39 is 5.60 Å². The summed E-state index contributed by atoms with van der Waals surface area (Å²) in [5.74, 6) is 0.633. The molecule has 3 heterocycles. The molecule has 1 unspecified atom stereocenters. The van der Waals surface area contributed by atoms with E-state index in [9.17, 15) is 4.79 Å². The second-order valence-corrected chi connectivity index (χ2v) is 8.92. The van der Waals surface area contributed by atoms with Crippen LogP contribution in [-0.4, -0.2) is 79.5 Å². The van der Waals surface area contributed by atoms with Gasteiger partial charge in [-0.2, -0.15) is 0 Å². The van der Waals surface area contributed by atoms with E-state index in [4.69, 9.17) is 9.47 Å². The van der Waals surface area contributed by atoms with Crippen LogP contribution in [0, 0.1) is 5.92 Å². The predicted octanol–water partition coefficient (Wildman–Crippen LogP) is 2.09. The molecule has 1 atom stereocenters. The molecule has 1 amide bonds. The van der Waals surface area contributed by atoms with E-state index in [0.717, 1.165) is 65.3 Å². The minimum Gasteiger partial charge on any atom is -0.444 e. The van der Waals surface area contributed by atoms with E-state index >= 15 is 0 Å². The molecule has 1 spiro atoms. The van der Waals surface area contributed by atoms with Gasteiger partial charge in [-0.3, -0.25) is 4.90 Å². The average Bonchev–Trinajstić information content (AvgIpc) is 2.57. The van der Waals surface area contributed by atoms with Gasteiger partial charge in [0.1, 0.15) is 5.60 Å². The highest BCUT2D eigenvalue weighted by atomic mass is 16.6. The summed E-state index contributed by atoms with van der Waals surface area (Å²) < 4.78 is 11.8. The Hall–Kier alpha value is -0.850. The Morgan fingerprint density at radius 2 is 1.84 bits per heavy atom. The summed E-state index contributed by atoms with van der Waals surface area (Å²) in [4.78, 5) is 16.5. The molecule has 6 nitrogen and oxygen atoms in total. The Balaban J connectivity index is 1.37. The molecule has 0 bridgehead atoms. The largest absolute Gasteiger partial charge is 0.444 e. The minimum atomic E-state index is -0.418. The van der Waals surface area contributed by atoms with Gasteiger partial charge in [-0.15, -0.1) is 0 Å². The number of carbonyl (C=O) groups is 1. The van der Waals surface area contributed by atoms with E-state index in [0.29, 0.717) is 5.92 Å². The van der Waals surface area contributed by atoms with E-state index in [1.54, 1.807) is 0 Å². The third kappa shape index (κ3) is 5.31. The third-order valence-corrected chi connectivity index (χ3v) is 5.69. The molecule has 0 saturated carbocycles. The lowest BCUT2D eigenvalue weighted by atomic mass is 9.82. The van der Waals surface area contributed by atoms with Crippen LogP contribution in [0.4, 0.5) is 4.79 Å². The van der Waals surface area contributed by atoms with Crippen LogP contribution in [0.5, 0.6) is 0 Å². The van der Waals surface area contributed by atoms with Crippen molar-refractivity contribution in [2.75, 3.05) is 52.4 Å². The third-order valence-electron chi connectivity index (χ3n) is 5.69. The monoisotopic (exact) mass is 353 g/mol. The Bertz CT molecular complexity index is 439. The SMILES string of the molecule is CC(C)(C)OC(=O)N1CCN(CC2CCC3(CCNCC3)OC2)CC1. The summed E-state index contributed by atoms with van der Waals surface area (Å²) in [5, 5.41) is 3.43. The summed E-state index contributed by atoms with van der Waals surface area (Å²) in [5.41, 5.74) is -0.255. The van der Waals surface area contributed by atoms with Crippen LogP contribution in [0.1, 0.15) is 46.5 Å². The van der Waals surface area contributed by atoms with Gasteiger partial charge < -0.3 is 19.7 Å². The van der Waals surface area contributed by atoms with E-state index in [2.05, 4.69) is 10.2 Å². The summed E-state index contributed by atoms with van der Waals surface area (Å²) >= 11 is 0. The molecule has 3 aliphatic heterocycles. The number of hydrogen-bond acceptors (Lipinski definition) is 5. The van der Waals surface area contributed by atoms with Crippen molar-refractivity contribution in [3.63, 3.8) is 0 Å². The molecule has 0 aromatic carbocycles. The molecule has 3 fully saturated rings. The van der Waals surface area contributed by atoms with Crippen molar-refractivity contribution in [3.8, 4) is 0 Å². The Morgan fingerprint density at radius 1 is 1.16 bits per heavy atom. The first-order chi connectivity index (χ1) is 11.9. The fourth-order valence-corrected chi connectivity index (χ4v) is 4.14. The number of carbonyl (C=O) groups excluding carboxylic acids is 1. The zero-order valence-corrected chi connectivity index (χ0v) is 16.2. The molecule has 144 valence electrons. The van der Waals surface area contributed by atoms with Gasteiger partial charge in [-0.25, -0.2) is 4.79 Å². The number of hydrogen-bond donors (Lipinski definition) is 1. The lowest BCUT2D eigenvalue weighted by Gasteiger charge is -2.44. The van der Waals surface area contributed by atoms with Crippen molar-refractivity contribution in [2.45, 2.75) is 57.7 Å². The fraction of sp³-hybridized carbons (Fsp3) is 0.947. The Labute approximate surface area is 152 Å². The van der Waals surface area contributed by atoms with Crippen LogP contribution >= 0.6 is 0 Å². The highest BCUT2D eigenvalue weighted by Crippen LogP contribution is 2.35. The van der Waals surface area contributed by atoms with Crippen molar-refractivity contribution in [2.24, 2.45) is 5.92 Å². The maximum absolute atomic E-state index is 12.1. The predicted molar refractivity (Wildman–Crippen MR) is 97.8 cm³/mol. The maximum atomic E-state index is 12.1. The molecule has 3 aliphatic rings. The topological polar surface area (TPSA) is 54.0 Å².